The van der Waals surface area contributed by atoms with E-state index in [-0.39, 0.29) is 0 Å². The van der Waals surface area contributed by atoms with Crippen LogP contribution in [-0.2, 0) is 11.2 Å². The van der Waals surface area contributed by atoms with Crippen molar-refractivity contribution in [1.29, 1.82) is 0 Å². The van der Waals surface area contributed by atoms with Gasteiger partial charge < -0.3 is 4.55 Å². The molecule has 0 fully saturated rings. The molecular formula is C5H6N2OS2. The Bertz CT molecular complexity index is 199. The summed E-state index contributed by atoms with van der Waals surface area (Å²) in [4.78, 5) is 0. The summed E-state index contributed by atoms with van der Waals surface area (Å²) >= 11 is 0.275. The van der Waals surface area contributed by atoms with Crippen LogP contribution in [0.1, 0.15) is 0 Å². The highest BCUT2D eigenvalue weighted by molar-refractivity contribution is 7.93. The third-order valence-corrected chi connectivity index (χ3v) is 3.14. The quantitative estimate of drug-likeness (QED) is 0.504. The van der Waals surface area contributed by atoms with Gasteiger partial charge in [0.05, 0.1) is 0 Å². The first kappa shape index (κ1) is 7.71. The van der Waals surface area contributed by atoms with Gasteiger partial charge in [-0.2, -0.15) is 0 Å². The van der Waals surface area contributed by atoms with Gasteiger partial charge in [-0.15, -0.1) is 5.10 Å². The van der Waals surface area contributed by atoms with Gasteiger partial charge in [-0.25, -0.2) is 0 Å². The number of nitrogens with zero attached hydrogens (tertiary/aromatic N) is 2. The summed E-state index contributed by atoms with van der Waals surface area (Å²) in [5.41, 5.74) is 1.57. The summed E-state index contributed by atoms with van der Waals surface area (Å²) < 4.78 is 11.6. The molecular weight excluding hydrogens is 168 g/mol. The van der Waals surface area contributed by atoms with Crippen LogP contribution in [0.5, 0.6) is 0 Å². The lowest BCUT2D eigenvalue weighted by atomic mass is 10.8. The van der Waals surface area contributed by atoms with Crippen molar-refractivity contribution in [2.24, 2.45) is 0 Å². The Morgan fingerprint density at radius 3 is 3.20 bits per heavy atom. The lowest BCUT2D eigenvalue weighted by Crippen LogP contribution is -2.03. The molecule has 54 valence electrons. The zero-order chi connectivity index (χ0) is 7.40. The maximum absolute atomic E-state index is 11.1. The van der Waals surface area contributed by atoms with Crippen LogP contribution >= 0.6 is 11.3 Å². The summed E-state index contributed by atoms with van der Waals surface area (Å²) in [6.07, 6.45) is 1.61. The maximum atomic E-state index is 11.1. The van der Waals surface area contributed by atoms with Crippen molar-refractivity contribution in [3.63, 3.8) is 0 Å². The van der Waals surface area contributed by atoms with Crippen LogP contribution in [0.4, 0.5) is 0 Å². The SMILES string of the molecule is C=CC[S+]([O-])c1nncs1. The van der Waals surface area contributed by atoms with Gasteiger partial charge >= 0.3 is 4.34 Å². The molecule has 0 bridgehead atoms. The Morgan fingerprint density at radius 2 is 2.70 bits per heavy atom. The van der Waals surface area contributed by atoms with Crippen molar-refractivity contribution in [3.8, 4) is 0 Å². The predicted octanol–water partition coefficient (Wildman–Crippen LogP) is 0.832. The summed E-state index contributed by atoms with van der Waals surface area (Å²) in [6.45, 7) is 3.47. The van der Waals surface area contributed by atoms with Gasteiger partial charge in [0.15, 0.2) is 0 Å². The van der Waals surface area contributed by atoms with Crippen molar-refractivity contribution >= 4 is 22.5 Å². The van der Waals surface area contributed by atoms with Gasteiger partial charge in [0.25, 0.3) is 0 Å². The Morgan fingerprint density at radius 1 is 1.90 bits per heavy atom. The molecule has 0 saturated carbocycles. The van der Waals surface area contributed by atoms with Crippen molar-refractivity contribution in [2.45, 2.75) is 4.34 Å². The molecule has 0 N–H and O–H groups in total. The van der Waals surface area contributed by atoms with Gasteiger partial charge in [0.2, 0.25) is 0 Å². The maximum Gasteiger partial charge on any atom is 0.321 e. The smallest absolute Gasteiger partial charge is 0.321 e. The molecule has 1 heterocycles. The summed E-state index contributed by atoms with van der Waals surface area (Å²) in [6, 6.07) is 0. The molecule has 5 heteroatoms. The molecule has 0 spiro atoms. The highest BCUT2D eigenvalue weighted by Gasteiger charge is 2.11. The minimum Gasteiger partial charge on any atom is -0.609 e. The second kappa shape index (κ2) is 3.70. The second-order valence-corrected chi connectivity index (χ2v) is 4.01. The number of aromatic nitrogens is 2. The molecule has 0 aliphatic rings. The first-order valence-corrected chi connectivity index (χ1v) is 4.80. The highest BCUT2D eigenvalue weighted by atomic mass is 32.2. The minimum absolute atomic E-state index is 0.454. The average molecular weight is 174 g/mol. The highest BCUT2D eigenvalue weighted by Crippen LogP contribution is 2.11. The van der Waals surface area contributed by atoms with Crippen molar-refractivity contribution in [3.05, 3.63) is 18.2 Å². The van der Waals surface area contributed by atoms with E-state index in [1.54, 1.807) is 11.6 Å². The molecule has 1 aromatic rings. The number of hydrogen-bond acceptors (Lipinski definition) is 4. The fraction of sp³-hybridized carbons (Fsp3) is 0.200. The van der Waals surface area contributed by atoms with E-state index in [2.05, 4.69) is 16.8 Å². The Labute approximate surface area is 66.0 Å². The van der Waals surface area contributed by atoms with Crippen molar-refractivity contribution < 1.29 is 4.55 Å². The van der Waals surface area contributed by atoms with Crippen molar-refractivity contribution in [1.82, 2.24) is 10.2 Å². The predicted molar refractivity (Wildman–Crippen MR) is 41.4 cm³/mol. The lowest BCUT2D eigenvalue weighted by Gasteiger charge is -2.00. The normalized spacial score (nSPS) is 12.9. The van der Waals surface area contributed by atoms with Crippen LogP contribution in [0.3, 0.4) is 0 Å². The van der Waals surface area contributed by atoms with Gasteiger partial charge in [-0.1, -0.05) is 11.7 Å². The largest absolute Gasteiger partial charge is 0.609 e. The average Bonchev–Trinajstić information content (AvgIpc) is 2.38. The summed E-state index contributed by atoms with van der Waals surface area (Å²) in [7, 11) is 0. The van der Waals surface area contributed by atoms with E-state index in [9.17, 15) is 4.55 Å². The minimum atomic E-state index is -1.03. The molecule has 0 saturated heterocycles. The topological polar surface area (TPSA) is 48.8 Å². The Hall–Kier alpha value is -0.390. The van der Waals surface area contributed by atoms with Gasteiger partial charge in [-0.3, -0.25) is 0 Å². The van der Waals surface area contributed by atoms with E-state index in [1.165, 1.54) is 11.3 Å². The Balaban J connectivity index is 2.58. The van der Waals surface area contributed by atoms with Crippen LogP contribution in [0.15, 0.2) is 22.5 Å². The molecule has 10 heavy (non-hydrogen) atoms. The summed E-state index contributed by atoms with van der Waals surface area (Å²) in [5.74, 6) is 0.454. The third kappa shape index (κ3) is 1.80. The number of rotatable bonds is 3. The van der Waals surface area contributed by atoms with E-state index >= 15 is 0 Å². The molecule has 1 atom stereocenters. The van der Waals surface area contributed by atoms with Crippen LogP contribution in [-0.4, -0.2) is 20.5 Å². The first-order chi connectivity index (χ1) is 4.84. The van der Waals surface area contributed by atoms with E-state index < -0.39 is 11.2 Å². The van der Waals surface area contributed by atoms with Crippen molar-refractivity contribution in [2.75, 3.05) is 5.75 Å². The zero-order valence-corrected chi connectivity index (χ0v) is 6.82. The van der Waals surface area contributed by atoms with E-state index in [0.29, 0.717) is 10.1 Å². The van der Waals surface area contributed by atoms with Gasteiger partial charge in [0.1, 0.15) is 11.3 Å². The second-order valence-electron chi connectivity index (χ2n) is 1.51. The molecule has 0 aliphatic heterocycles. The third-order valence-electron chi connectivity index (χ3n) is 0.804. The fourth-order valence-corrected chi connectivity index (χ4v) is 1.98. The zero-order valence-electron chi connectivity index (χ0n) is 5.19. The molecule has 0 radical (unpaired) electrons. The molecule has 0 aliphatic carbocycles. The molecule has 3 nitrogen and oxygen atoms in total. The summed E-state index contributed by atoms with van der Waals surface area (Å²) in [5, 5.41) is 7.22. The van der Waals surface area contributed by atoms with Crippen LogP contribution in [0.25, 0.3) is 0 Å². The van der Waals surface area contributed by atoms with Crippen LogP contribution in [0.2, 0.25) is 0 Å². The molecule has 0 amide bonds. The molecule has 1 aromatic heterocycles. The number of hydrogen-bond donors (Lipinski definition) is 0. The van der Waals surface area contributed by atoms with Gasteiger partial charge in [-0.05, 0) is 17.4 Å². The lowest BCUT2D eigenvalue weighted by molar-refractivity contribution is 0.596. The van der Waals surface area contributed by atoms with Gasteiger partial charge in [0, 0.05) is 11.2 Å². The molecule has 1 rings (SSSR count). The van der Waals surface area contributed by atoms with E-state index in [1.807, 2.05) is 0 Å². The monoisotopic (exact) mass is 174 g/mol. The molecule has 0 aromatic carbocycles. The van der Waals surface area contributed by atoms with Crippen LogP contribution in [0, 0.1) is 0 Å². The first-order valence-electron chi connectivity index (χ1n) is 2.60. The Kier molecular flexibility index (Phi) is 2.85. The van der Waals surface area contributed by atoms with Crippen LogP contribution < -0.4 is 0 Å². The molecule has 1 unspecified atom stereocenters. The van der Waals surface area contributed by atoms with E-state index in [0.717, 1.165) is 0 Å². The fourth-order valence-electron chi connectivity index (χ4n) is 0.440. The standard InChI is InChI=1S/C5H6N2OS2/c1-2-3-10(8)5-7-6-4-9-5/h2,4H,1,3H2. The van der Waals surface area contributed by atoms with E-state index in [4.69, 9.17) is 0 Å².